The third-order valence-corrected chi connectivity index (χ3v) is 3.51. The molecule has 0 saturated heterocycles. The fraction of sp³-hybridized carbons (Fsp3) is 0.833. The number of rotatable bonds is 6. The first-order valence-electron chi connectivity index (χ1n) is 6.04. The summed E-state index contributed by atoms with van der Waals surface area (Å²) in [5.41, 5.74) is -1.01. The molecular formula is C12H22N2O3. The molecule has 1 N–H and O–H groups in total. The van der Waals surface area contributed by atoms with Gasteiger partial charge in [-0.3, -0.25) is 14.5 Å². The summed E-state index contributed by atoms with van der Waals surface area (Å²) in [7, 11) is 1.79. The minimum absolute atomic E-state index is 0.00340. The maximum atomic E-state index is 12.0. The Morgan fingerprint density at radius 1 is 1.35 bits per heavy atom. The standard InChI is InChI=1S/C12H22N2O3/c1-5-14(12(2,3)11(16)17)8-10(15)13(4)9-6-7-9/h9H,5-8H2,1-4H3,(H,16,17). The van der Waals surface area contributed by atoms with Crippen molar-refractivity contribution in [3.63, 3.8) is 0 Å². The number of carboxylic acid groups (broad SMARTS) is 1. The zero-order chi connectivity index (χ0) is 13.2. The van der Waals surface area contributed by atoms with E-state index in [2.05, 4.69) is 0 Å². The number of likely N-dealkylation sites (N-methyl/N-ethyl adjacent to an activating group) is 2. The Bertz CT molecular complexity index is 311. The highest BCUT2D eigenvalue weighted by Gasteiger charge is 2.37. The maximum absolute atomic E-state index is 12.0. The second-order valence-electron chi connectivity index (χ2n) is 5.11. The van der Waals surface area contributed by atoms with Gasteiger partial charge in [0.15, 0.2) is 0 Å². The molecule has 0 atom stereocenters. The van der Waals surface area contributed by atoms with Gasteiger partial charge in [-0.2, -0.15) is 0 Å². The van der Waals surface area contributed by atoms with E-state index in [-0.39, 0.29) is 12.5 Å². The Labute approximate surface area is 102 Å². The van der Waals surface area contributed by atoms with E-state index >= 15 is 0 Å². The van der Waals surface area contributed by atoms with Crippen LogP contribution in [0.15, 0.2) is 0 Å². The van der Waals surface area contributed by atoms with Crippen molar-refractivity contribution >= 4 is 11.9 Å². The molecule has 5 nitrogen and oxygen atoms in total. The summed E-state index contributed by atoms with van der Waals surface area (Å²) in [5, 5.41) is 9.15. The van der Waals surface area contributed by atoms with E-state index in [0.717, 1.165) is 12.8 Å². The van der Waals surface area contributed by atoms with Crippen LogP contribution in [0.1, 0.15) is 33.6 Å². The van der Waals surface area contributed by atoms with Gasteiger partial charge < -0.3 is 10.0 Å². The Morgan fingerprint density at radius 3 is 2.24 bits per heavy atom. The fourth-order valence-electron chi connectivity index (χ4n) is 1.78. The van der Waals surface area contributed by atoms with Gasteiger partial charge in [0.1, 0.15) is 5.54 Å². The van der Waals surface area contributed by atoms with E-state index in [9.17, 15) is 9.59 Å². The second-order valence-corrected chi connectivity index (χ2v) is 5.11. The van der Waals surface area contributed by atoms with Crippen molar-refractivity contribution < 1.29 is 14.7 Å². The quantitative estimate of drug-likeness (QED) is 0.748. The lowest BCUT2D eigenvalue weighted by Crippen LogP contribution is -2.53. The maximum Gasteiger partial charge on any atom is 0.323 e. The first-order chi connectivity index (χ1) is 7.80. The molecule has 17 heavy (non-hydrogen) atoms. The van der Waals surface area contributed by atoms with Crippen LogP contribution in [0, 0.1) is 0 Å². The van der Waals surface area contributed by atoms with Crippen LogP contribution in [0.2, 0.25) is 0 Å². The van der Waals surface area contributed by atoms with Gasteiger partial charge in [-0.1, -0.05) is 6.92 Å². The van der Waals surface area contributed by atoms with Crippen LogP contribution in [-0.4, -0.2) is 58.5 Å². The average Bonchev–Trinajstić information content (AvgIpc) is 3.07. The molecule has 0 unspecified atom stereocenters. The molecule has 1 aliphatic carbocycles. The summed E-state index contributed by atoms with van der Waals surface area (Å²) in [6, 6.07) is 0.370. The summed E-state index contributed by atoms with van der Waals surface area (Å²) >= 11 is 0. The summed E-state index contributed by atoms with van der Waals surface area (Å²) < 4.78 is 0. The summed E-state index contributed by atoms with van der Waals surface area (Å²) in [5.74, 6) is -0.898. The van der Waals surface area contributed by atoms with Gasteiger partial charge in [0.05, 0.1) is 6.54 Å². The molecule has 1 amide bonds. The van der Waals surface area contributed by atoms with Gasteiger partial charge in [-0.15, -0.1) is 0 Å². The topological polar surface area (TPSA) is 60.9 Å². The van der Waals surface area contributed by atoms with E-state index in [1.165, 1.54) is 0 Å². The third-order valence-electron chi connectivity index (χ3n) is 3.51. The van der Waals surface area contributed by atoms with E-state index in [4.69, 9.17) is 5.11 Å². The smallest absolute Gasteiger partial charge is 0.323 e. The molecule has 1 fully saturated rings. The van der Waals surface area contributed by atoms with Crippen LogP contribution in [-0.2, 0) is 9.59 Å². The largest absolute Gasteiger partial charge is 0.480 e. The van der Waals surface area contributed by atoms with Crippen LogP contribution in [0.25, 0.3) is 0 Å². The van der Waals surface area contributed by atoms with Crippen molar-refractivity contribution in [1.29, 1.82) is 0 Å². The molecule has 1 aliphatic rings. The first kappa shape index (κ1) is 14.0. The predicted molar refractivity (Wildman–Crippen MR) is 64.8 cm³/mol. The molecule has 0 heterocycles. The van der Waals surface area contributed by atoms with Crippen LogP contribution in [0.4, 0.5) is 0 Å². The molecule has 0 aromatic heterocycles. The molecule has 1 rings (SSSR count). The number of aliphatic carboxylic acids is 1. The van der Waals surface area contributed by atoms with Crippen molar-refractivity contribution in [2.45, 2.75) is 45.2 Å². The van der Waals surface area contributed by atoms with Gasteiger partial charge in [0, 0.05) is 13.1 Å². The zero-order valence-corrected chi connectivity index (χ0v) is 11.1. The third kappa shape index (κ3) is 3.19. The number of hydrogen-bond donors (Lipinski definition) is 1. The van der Waals surface area contributed by atoms with Crippen molar-refractivity contribution in [3.8, 4) is 0 Å². The average molecular weight is 242 g/mol. The molecule has 5 heteroatoms. The second kappa shape index (κ2) is 5.04. The molecular weight excluding hydrogens is 220 g/mol. The van der Waals surface area contributed by atoms with Gasteiger partial charge in [-0.25, -0.2) is 0 Å². The first-order valence-corrected chi connectivity index (χ1v) is 6.04. The summed E-state index contributed by atoms with van der Waals surface area (Å²) in [6.07, 6.45) is 2.13. The Hall–Kier alpha value is -1.10. The number of carbonyl (C=O) groups is 2. The van der Waals surface area contributed by atoms with Crippen molar-refractivity contribution in [3.05, 3.63) is 0 Å². The lowest BCUT2D eigenvalue weighted by Gasteiger charge is -2.34. The highest BCUT2D eigenvalue weighted by atomic mass is 16.4. The van der Waals surface area contributed by atoms with Crippen LogP contribution >= 0.6 is 0 Å². The van der Waals surface area contributed by atoms with E-state index in [0.29, 0.717) is 12.6 Å². The van der Waals surface area contributed by atoms with Crippen molar-refractivity contribution in [2.75, 3.05) is 20.1 Å². The summed E-state index contributed by atoms with van der Waals surface area (Å²) in [6.45, 7) is 5.84. The number of nitrogens with zero attached hydrogens (tertiary/aromatic N) is 2. The molecule has 0 aromatic rings. The molecule has 0 aromatic carbocycles. The van der Waals surface area contributed by atoms with Gasteiger partial charge in [0.25, 0.3) is 0 Å². The highest BCUT2D eigenvalue weighted by molar-refractivity contribution is 5.82. The van der Waals surface area contributed by atoms with Gasteiger partial charge >= 0.3 is 5.97 Å². The Balaban J connectivity index is 2.62. The number of amides is 1. The van der Waals surface area contributed by atoms with E-state index in [1.807, 2.05) is 6.92 Å². The van der Waals surface area contributed by atoms with E-state index in [1.54, 1.807) is 30.7 Å². The molecule has 1 saturated carbocycles. The highest BCUT2D eigenvalue weighted by Crippen LogP contribution is 2.25. The number of hydrogen-bond acceptors (Lipinski definition) is 3. The van der Waals surface area contributed by atoms with E-state index < -0.39 is 11.5 Å². The Morgan fingerprint density at radius 2 is 1.88 bits per heavy atom. The van der Waals surface area contributed by atoms with Gasteiger partial charge in [-0.05, 0) is 33.2 Å². The number of carboxylic acids is 1. The normalized spacial score (nSPS) is 16.1. The SMILES string of the molecule is CCN(CC(=O)N(C)C1CC1)C(C)(C)C(=O)O. The van der Waals surface area contributed by atoms with Crippen LogP contribution < -0.4 is 0 Å². The minimum Gasteiger partial charge on any atom is -0.480 e. The van der Waals surface area contributed by atoms with Crippen molar-refractivity contribution in [2.24, 2.45) is 0 Å². The summed E-state index contributed by atoms with van der Waals surface area (Å²) in [4.78, 5) is 26.5. The molecule has 0 bridgehead atoms. The zero-order valence-electron chi connectivity index (χ0n) is 11.1. The molecule has 0 aliphatic heterocycles. The van der Waals surface area contributed by atoms with Crippen LogP contribution in [0.3, 0.4) is 0 Å². The molecule has 0 radical (unpaired) electrons. The predicted octanol–water partition coefficient (Wildman–Crippen LogP) is 0.792. The van der Waals surface area contributed by atoms with Crippen molar-refractivity contribution in [1.82, 2.24) is 9.80 Å². The van der Waals surface area contributed by atoms with Gasteiger partial charge in [0.2, 0.25) is 5.91 Å². The number of carbonyl (C=O) groups excluding carboxylic acids is 1. The molecule has 0 spiro atoms. The monoisotopic (exact) mass is 242 g/mol. The fourth-order valence-corrected chi connectivity index (χ4v) is 1.78. The Kier molecular flexibility index (Phi) is 4.14. The lowest BCUT2D eigenvalue weighted by atomic mass is 10.0. The molecule has 98 valence electrons. The van der Waals surface area contributed by atoms with Crippen LogP contribution in [0.5, 0.6) is 0 Å². The minimum atomic E-state index is -1.01. The lowest BCUT2D eigenvalue weighted by molar-refractivity contribution is -0.150.